The van der Waals surface area contributed by atoms with Crippen LogP contribution in [0.2, 0.25) is 5.02 Å². The van der Waals surface area contributed by atoms with Crippen molar-refractivity contribution in [1.82, 2.24) is 25.6 Å². The molecule has 19 heteroatoms. The summed E-state index contributed by atoms with van der Waals surface area (Å²) in [6.07, 6.45) is -3.26. The fourth-order valence-corrected chi connectivity index (χ4v) is 5.73. The van der Waals surface area contributed by atoms with Crippen LogP contribution >= 0.6 is 11.6 Å². The van der Waals surface area contributed by atoms with Gasteiger partial charge >= 0.3 is 30.0 Å². The Hall–Kier alpha value is -7.08. The molecule has 5 aromatic rings. The summed E-state index contributed by atoms with van der Waals surface area (Å²) < 4.78 is 48.5. The number of aromatic nitrogens is 3. The van der Waals surface area contributed by atoms with Crippen LogP contribution in [0.1, 0.15) is 44.7 Å². The third-order valence-corrected chi connectivity index (χ3v) is 9.04. The maximum absolute atomic E-state index is 13.1. The van der Waals surface area contributed by atoms with E-state index in [1.807, 2.05) is 12.1 Å². The van der Waals surface area contributed by atoms with E-state index >= 15 is 0 Å². The van der Waals surface area contributed by atoms with Crippen LogP contribution in [-0.2, 0) is 24.7 Å². The largest absolute Gasteiger partial charge is 0.467 e. The standard InChI is InChI=1S/C40H34ClF3N8O7/c1-58-35(57)30(21-45-33(55)34(56)46-28-15-7-24(8-16-28)31(53)23-5-3-2-4-6-23)48-32(54)25-9-17-29(18-10-25)47-36-49-37(51-38(50-36)59-22-40(42,43)44)52-39(19-20-39)26-11-13-27(41)14-12-26/h2-18,30H,19-22H2,1H3,(H,45,55)(H,46,56)(H,48,54)(H2,47,49,50,51,52)/t30-/m0/s1. The Morgan fingerprint density at radius 2 is 1.37 bits per heavy atom. The second kappa shape index (κ2) is 18.0. The number of ether oxygens (including phenoxy) is 2. The van der Waals surface area contributed by atoms with E-state index < -0.39 is 60.6 Å². The Labute approximate surface area is 339 Å². The van der Waals surface area contributed by atoms with Gasteiger partial charge in [0.25, 0.3) is 5.91 Å². The van der Waals surface area contributed by atoms with Gasteiger partial charge in [-0.2, -0.15) is 28.1 Å². The van der Waals surface area contributed by atoms with E-state index in [4.69, 9.17) is 21.1 Å². The summed E-state index contributed by atoms with van der Waals surface area (Å²) in [5.41, 5.74) is 1.77. The smallest absolute Gasteiger partial charge is 0.422 e. The molecule has 0 spiro atoms. The van der Waals surface area contributed by atoms with Gasteiger partial charge < -0.3 is 36.1 Å². The highest BCUT2D eigenvalue weighted by Crippen LogP contribution is 2.48. The van der Waals surface area contributed by atoms with E-state index in [0.717, 1.165) is 12.7 Å². The number of rotatable bonds is 15. The maximum Gasteiger partial charge on any atom is 0.422 e. The number of benzene rings is 4. The Morgan fingerprint density at radius 3 is 2.00 bits per heavy atom. The number of nitrogens with zero attached hydrogens (tertiary/aromatic N) is 3. The molecule has 0 radical (unpaired) electrons. The molecule has 59 heavy (non-hydrogen) atoms. The Balaban J connectivity index is 1.06. The lowest BCUT2D eigenvalue weighted by Crippen LogP contribution is -2.50. The molecule has 1 aliphatic rings. The van der Waals surface area contributed by atoms with Gasteiger partial charge in [0.05, 0.1) is 12.6 Å². The van der Waals surface area contributed by atoms with Crippen molar-refractivity contribution in [3.8, 4) is 6.01 Å². The summed E-state index contributed by atoms with van der Waals surface area (Å²) in [5, 5.41) is 13.7. The first-order valence-electron chi connectivity index (χ1n) is 17.7. The van der Waals surface area contributed by atoms with Crippen molar-refractivity contribution in [2.75, 3.05) is 36.2 Å². The minimum Gasteiger partial charge on any atom is -0.467 e. The Bertz CT molecular complexity index is 2330. The van der Waals surface area contributed by atoms with Crippen LogP contribution in [0.3, 0.4) is 0 Å². The fraction of sp³-hybridized carbons (Fsp3) is 0.200. The van der Waals surface area contributed by atoms with E-state index in [9.17, 15) is 37.1 Å². The summed E-state index contributed by atoms with van der Waals surface area (Å²) in [6.45, 7) is -2.15. The zero-order valence-corrected chi connectivity index (χ0v) is 31.7. The summed E-state index contributed by atoms with van der Waals surface area (Å²) in [6, 6.07) is 25.2. The SMILES string of the molecule is COC(=O)[C@H](CNC(=O)C(=O)Nc1ccc(C(=O)c2ccccc2)cc1)NC(=O)c1ccc(Nc2nc(NC3(c4ccc(Cl)cc4)CC3)nc(OCC(F)(F)F)n2)cc1. The zero-order valence-electron chi connectivity index (χ0n) is 30.9. The maximum atomic E-state index is 13.1. The first kappa shape index (κ1) is 41.6. The van der Waals surface area contributed by atoms with E-state index in [1.54, 1.807) is 42.5 Å². The van der Waals surface area contributed by atoms with Gasteiger partial charge in [-0.05, 0) is 79.1 Å². The predicted octanol–water partition coefficient (Wildman–Crippen LogP) is 5.57. The van der Waals surface area contributed by atoms with Gasteiger partial charge in [-0.15, -0.1) is 0 Å². The molecule has 4 aromatic carbocycles. The lowest BCUT2D eigenvalue weighted by atomic mass is 10.0. The topological polar surface area (TPSA) is 203 Å². The summed E-state index contributed by atoms with van der Waals surface area (Å²) in [4.78, 5) is 75.8. The van der Waals surface area contributed by atoms with Crippen molar-refractivity contribution in [3.63, 3.8) is 0 Å². The summed E-state index contributed by atoms with van der Waals surface area (Å²) in [7, 11) is 1.08. The molecule has 1 aromatic heterocycles. The molecule has 1 aliphatic carbocycles. The molecule has 304 valence electrons. The minimum absolute atomic E-state index is 0.0487. The molecule has 0 aliphatic heterocycles. The molecular formula is C40H34ClF3N8O7. The van der Waals surface area contributed by atoms with Crippen LogP contribution in [0.25, 0.3) is 0 Å². The Kier molecular flexibility index (Phi) is 12.7. The number of carbonyl (C=O) groups excluding carboxylic acids is 5. The van der Waals surface area contributed by atoms with Crippen LogP contribution in [0.4, 0.5) is 36.4 Å². The number of amides is 3. The highest BCUT2D eigenvalue weighted by molar-refractivity contribution is 6.39. The zero-order chi connectivity index (χ0) is 42.2. The molecular weight excluding hydrogens is 797 g/mol. The molecule has 6 rings (SSSR count). The molecule has 0 bridgehead atoms. The summed E-state index contributed by atoms with van der Waals surface area (Å²) in [5.74, 6) is -4.28. The average molecular weight is 831 g/mol. The van der Waals surface area contributed by atoms with E-state index in [1.165, 1.54) is 48.5 Å². The number of alkyl halides is 3. The first-order chi connectivity index (χ1) is 28.2. The fourth-order valence-electron chi connectivity index (χ4n) is 5.61. The highest BCUT2D eigenvalue weighted by atomic mass is 35.5. The number of ketones is 1. The molecule has 1 fully saturated rings. The summed E-state index contributed by atoms with van der Waals surface area (Å²) >= 11 is 6.03. The van der Waals surface area contributed by atoms with Crippen molar-refractivity contribution in [2.45, 2.75) is 30.6 Å². The van der Waals surface area contributed by atoms with Crippen molar-refractivity contribution in [3.05, 3.63) is 130 Å². The normalized spacial score (nSPS) is 13.2. The van der Waals surface area contributed by atoms with Gasteiger partial charge in [-0.25, -0.2) is 4.79 Å². The number of hydrogen-bond donors (Lipinski definition) is 5. The second-order valence-corrected chi connectivity index (χ2v) is 13.5. The van der Waals surface area contributed by atoms with Crippen molar-refractivity contribution < 1.29 is 46.6 Å². The van der Waals surface area contributed by atoms with Crippen LogP contribution in [0, 0.1) is 0 Å². The van der Waals surface area contributed by atoms with Crippen LogP contribution < -0.4 is 31.3 Å². The van der Waals surface area contributed by atoms with Crippen molar-refractivity contribution in [1.29, 1.82) is 0 Å². The Morgan fingerprint density at radius 1 is 0.763 bits per heavy atom. The van der Waals surface area contributed by atoms with E-state index in [-0.39, 0.29) is 28.9 Å². The van der Waals surface area contributed by atoms with Crippen molar-refractivity contribution >= 4 is 64.3 Å². The number of methoxy groups -OCH3 is 1. The molecule has 0 unspecified atom stereocenters. The molecule has 15 nitrogen and oxygen atoms in total. The van der Waals surface area contributed by atoms with E-state index in [0.29, 0.717) is 34.7 Å². The number of nitrogens with one attached hydrogen (secondary N) is 5. The predicted molar refractivity (Wildman–Crippen MR) is 208 cm³/mol. The van der Waals surface area contributed by atoms with Crippen LogP contribution in [0.15, 0.2) is 103 Å². The quantitative estimate of drug-likeness (QED) is 0.0500. The number of carbonyl (C=O) groups is 5. The molecule has 1 saturated carbocycles. The number of halogens is 4. The highest BCUT2D eigenvalue weighted by Gasteiger charge is 2.45. The third-order valence-electron chi connectivity index (χ3n) is 8.79. The van der Waals surface area contributed by atoms with Crippen molar-refractivity contribution in [2.24, 2.45) is 0 Å². The lowest BCUT2D eigenvalue weighted by Gasteiger charge is -2.19. The molecule has 0 saturated heterocycles. The molecule has 5 N–H and O–H groups in total. The van der Waals surface area contributed by atoms with Gasteiger partial charge in [-0.1, -0.05) is 54.1 Å². The van der Waals surface area contributed by atoms with Gasteiger partial charge in [0.15, 0.2) is 12.4 Å². The van der Waals surface area contributed by atoms with Gasteiger partial charge in [0.1, 0.15) is 6.04 Å². The van der Waals surface area contributed by atoms with E-state index in [2.05, 4.69) is 41.5 Å². The first-order valence-corrected chi connectivity index (χ1v) is 18.1. The third kappa shape index (κ3) is 11.3. The average Bonchev–Trinajstić information content (AvgIpc) is 4.01. The van der Waals surface area contributed by atoms with Gasteiger partial charge in [0.2, 0.25) is 11.9 Å². The lowest BCUT2D eigenvalue weighted by molar-refractivity contribution is -0.154. The molecule has 1 atom stereocenters. The number of anilines is 4. The number of esters is 1. The number of hydrogen-bond acceptors (Lipinski definition) is 12. The molecule has 3 amide bonds. The van der Waals surface area contributed by atoms with Gasteiger partial charge in [0, 0.05) is 39.6 Å². The van der Waals surface area contributed by atoms with Gasteiger partial charge in [-0.3, -0.25) is 19.2 Å². The van der Waals surface area contributed by atoms with Crippen LogP contribution in [-0.4, -0.2) is 76.9 Å². The second-order valence-electron chi connectivity index (χ2n) is 13.1. The molecule has 1 heterocycles. The van der Waals surface area contributed by atoms with Crippen LogP contribution in [0.5, 0.6) is 6.01 Å². The monoisotopic (exact) mass is 830 g/mol. The minimum atomic E-state index is -4.65.